The summed E-state index contributed by atoms with van der Waals surface area (Å²) >= 11 is 5.96. The maximum atomic E-state index is 12.1. The van der Waals surface area contributed by atoms with Gasteiger partial charge < -0.3 is 19.8 Å². The number of aliphatic carboxylic acids is 1. The SMILES string of the molecule is COc1ccc2nccc([C@H](O)CC[C@@H]3CCN(CCCc4ccc(Cl)cc4)C[C@@H]3C(=O)O)c2c1. The highest BCUT2D eigenvalue weighted by Gasteiger charge is 2.34. The molecule has 2 heterocycles. The molecule has 1 fully saturated rings. The lowest BCUT2D eigenvalue weighted by molar-refractivity contribution is -0.146. The Labute approximate surface area is 211 Å². The monoisotopic (exact) mass is 496 g/mol. The standard InChI is InChI=1S/C28H33ClN2O4/c1-35-22-9-10-26-24(17-22)23(12-14-30-26)27(32)11-6-20-13-16-31(18-25(20)28(33)34)15-2-3-19-4-7-21(29)8-5-19/h4-5,7-10,12,14,17,20,25,27,32H,2-3,6,11,13,15-16,18H2,1H3,(H,33,34)/t20-,25+,27-/m1/s1. The zero-order valence-electron chi connectivity index (χ0n) is 20.1. The van der Waals surface area contributed by atoms with E-state index in [1.807, 2.05) is 48.5 Å². The van der Waals surface area contributed by atoms with E-state index in [1.54, 1.807) is 13.3 Å². The van der Waals surface area contributed by atoms with Crippen molar-refractivity contribution in [2.24, 2.45) is 11.8 Å². The molecule has 1 aliphatic heterocycles. The number of benzene rings is 2. The van der Waals surface area contributed by atoms with E-state index in [2.05, 4.69) is 9.88 Å². The molecule has 2 aromatic carbocycles. The zero-order valence-corrected chi connectivity index (χ0v) is 20.8. The van der Waals surface area contributed by atoms with E-state index in [0.717, 1.165) is 53.8 Å². The van der Waals surface area contributed by atoms with Gasteiger partial charge in [0.25, 0.3) is 0 Å². The Bertz CT molecular complexity index is 1140. The van der Waals surface area contributed by atoms with Crippen LogP contribution in [0.2, 0.25) is 5.02 Å². The number of hydrogen-bond donors (Lipinski definition) is 2. The first-order chi connectivity index (χ1) is 16.9. The number of carbonyl (C=O) groups is 1. The predicted octanol–water partition coefficient (Wildman–Crippen LogP) is 5.37. The van der Waals surface area contributed by atoms with Crippen LogP contribution < -0.4 is 4.74 Å². The highest BCUT2D eigenvalue weighted by Crippen LogP contribution is 2.33. The molecule has 6 nitrogen and oxygen atoms in total. The second kappa shape index (κ2) is 11.8. The smallest absolute Gasteiger partial charge is 0.308 e. The first kappa shape index (κ1) is 25.4. The Kier molecular flexibility index (Phi) is 8.60. The molecule has 35 heavy (non-hydrogen) atoms. The van der Waals surface area contributed by atoms with Crippen molar-refractivity contribution in [2.75, 3.05) is 26.7 Å². The molecule has 1 aromatic heterocycles. The molecular formula is C28H33ClN2O4. The maximum Gasteiger partial charge on any atom is 0.308 e. The van der Waals surface area contributed by atoms with Crippen LogP contribution in [0, 0.1) is 11.8 Å². The summed E-state index contributed by atoms with van der Waals surface area (Å²) in [4.78, 5) is 18.7. The van der Waals surface area contributed by atoms with Crippen molar-refractivity contribution in [3.63, 3.8) is 0 Å². The number of hydrogen-bond acceptors (Lipinski definition) is 5. The van der Waals surface area contributed by atoms with Crippen molar-refractivity contribution in [1.82, 2.24) is 9.88 Å². The second-order valence-corrected chi connectivity index (χ2v) is 9.84. The fourth-order valence-electron chi connectivity index (χ4n) is 5.15. The summed E-state index contributed by atoms with van der Waals surface area (Å²) in [5.41, 5.74) is 2.85. The van der Waals surface area contributed by atoms with Crippen LogP contribution >= 0.6 is 11.6 Å². The lowest BCUT2D eigenvalue weighted by Crippen LogP contribution is -2.44. The Morgan fingerprint density at radius 3 is 2.77 bits per heavy atom. The lowest BCUT2D eigenvalue weighted by atomic mass is 9.81. The van der Waals surface area contributed by atoms with Crippen molar-refractivity contribution < 1.29 is 19.7 Å². The molecule has 2 N–H and O–H groups in total. The highest BCUT2D eigenvalue weighted by molar-refractivity contribution is 6.30. The number of rotatable bonds is 10. The number of halogens is 1. The third kappa shape index (κ3) is 6.51. The Morgan fingerprint density at radius 1 is 1.23 bits per heavy atom. The summed E-state index contributed by atoms with van der Waals surface area (Å²) < 4.78 is 5.34. The average Bonchev–Trinajstić information content (AvgIpc) is 2.88. The lowest BCUT2D eigenvalue weighted by Gasteiger charge is -2.37. The minimum absolute atomic E-state index is 0.0531. The van der Waals surface area contributed by atoms with Crippen LogP contribution in [0.25, 0.3) is 10.9 Å². The van der Waals surface area contributed by atoms with Gasteiger partial charge in [0.1, 0.15) is 5.75 Å². The van der Waals surface area contributed by atoms with Crippen LogP contribution in [0.5, 0.6) is 5.75 Å². The van der Waals surface area contributed by atoms with Crippen molar-refractivity contribution in [1.29, 1.82) is 0 Å². The molecule has 3 atom stereocenters. The number of aromatic nitrogens is 1. The van der Waals surface area contributed by atoms with E-state index in [-0.39, 0.29) is 5.92 Å². The normalized spacial score (nSPS) is 19.5. The van der Waals surface area contributed by atoms with Crippen molar-refractivity contribution >= 4 is 28.5 Å². The van der Waals surface area contributed by atoms with Gasteiger partial charge in [-0.2, -0.15) is 0 Å². The summed E-state index contributed by atoms with van der Waals surface area (Å²) in [6.45, 7) is 2.33. The second-order valence-electron chi connectivity index (χ2n) is 9.40. The number of nitrogens with zero attached hydrogens (tertiary/aromatic N) is 2. The first-order valence-corrected chi connectivity index (χ1v) is 12.6. The molecule has 3 aromatic rings. The highest BCUT2D eigenvalue weighted by atomic mass is 35.5. The number of aliphatic hydroxyl groups is 1. The van der Waals surface area contributed by atoms with Crippen LogP contribution in [0.3, 0.4) is 0 Å². The van der Waals surface area contributed by atoms with Crippen LogP contribution in [0.1, 0.15) is 42.9 Å². The van der Waals surface area contributed by atoms with Crippen molar-refractivity contribution in [3.8, 4) is 5.75 Å². The van der Waals surface area contributed by atoms with E-state index in [9.17, 15) is 15.0 Å². The number of fused-ring (bicyclic) bond motifs is 1. The maximum absolute atomic E-state index is 12.1. The Hall–Kier alpha value is -2.67. The van der Waals surface area contributed by atoms with E-state index in [1.165, 1.54) is 5.56 Å². The van der Waals surface area contributed by atoms with Crippen LogP contribution in [0.4, 0.5) is 0 Å². The van der Waals surface area contributed by atoms with E-state index < -0.39 is 18.0 Å². The number of likely N-dealkylation sites (tertiary alicyclic amines) is 1. The molecule has 0 saturated carbocycles. The molecule has 0 unspecified atom stereocenters. The Balaban J connectivity index is 1.32. The third-order valence-corrected chi connectivity index (χ3v) is 7.41. The zero-order chi connectivity index (χ0) is 24.8. The first-order valence-electron chi connectivity index (χ1n) is 12.2. The summed E-state index contributed by atoms with van der Waals surface area (Å²) in [5.74, 6) is -0.391. The number of carboxylic acid groups (broad SMARTS) is 1. The molecule has 0 spiro atoms. The van der Waals surface area contributed by atoms with Gasteiger partial charge >= 0.3 is 5.97 Å². The summed E-state index contributed by atoms with van der Waals surface area (Å²) in [6.07, 6.45) is 4.97. The van der Waals surface area contributed by atoms with Crippen LogP contribution in [-0.2, 0) is 11.2 Å². The quantitative estimate of drug-likeness (QED) is 0.393. The molecule has 0 bridgehead atoms. The molecule has 186 valence electrons. The number of ether oxygens (including phenoxy) is 1. The number of aliphatic hydroxyl groups excluding tert-OH is 1. The molecule has 4 rings (SSSR count). The third-order valence-electron chi connectivity index (χ3n) is 7.16. The minimum atomic E-state index is -0.744. The van der Waals surface area contributed by atoms with Gasteiger partial charge in [-0.3, -0.25) is 9.78 Å². The van der Waals surface area contributed by atoms with Crippen molar-refractivity contribution in [3.05, 3.63) is 70.9 Å². The van der Waals surface area contributed by atoms with Gasteiger partial charge in [-0.05, 0) is 98.6 Å². The van der Waals surface area contributed by atoms with Gasteiger partial charge in [0.2, 0.25) is 0 Å². The predicted molar refractivity (Wildman–Crippen MR) is 138 cm³/mol. The van der Waals surface area contributed by atoms with E-state index in [0.29, 0.717) is 25.1 Å². The Morgan fingerprint density at radius 2 is 2.03 bits per heavy atom. The summed E-state index contributed by atoms with van der Waals surface area (Å²) in [7, 11) is 1.61. The van der Waals surface area contributed by atoms with Gasteiger partial charge in [0.15, 0.2) is 0 Å². The number of methoxy groups -OCH3 is 1. The number of pyridine rings is 1. The molecule has 0 aliphatic carbocycles. The van der Waals surface area contributed by atoms with Gasteiger partial charge in [-0.1, -0.05) is 23.7 Å². The summed E-state index contributed by atoms with van der Waals surface area (Å²) in [5, 5.41) is 22.5. The summed E-state index contributed by atoms with van der Waals surface area (Å²) in [6, 6.07) is 15.4. The molecule has 1 saturated heterocycles. The molecule has 7 heteroatoms. The largest absolute Gasteiger partial charge is 0.497 e. The van der Waals surface area contributed by atoms with E-state index >= 15 is 0 Å². The number of piperidine rings is 1. The fourth-order valence-corrected chi connectivity index (χ4v) is 5.27. The van der Waals surface area contributed by atoms with E-state index in [4.69, 9.17) is 16.3 Å². The minimum Gasteiger partial charge on any atom is -0.497 e. The van der Waals surface area contributed by atoms with Gasteiger partial charge in [-0.15, -0.1) is 0 Å². The van der Waals surface area contributed by atoms with Crippen LogP contribution in [-0.4, -0.2) is 52.8 Å². The average molecular weight is 497 g/mol. The van der Waals surface area contributed by atoms with Gasteiger partial charge in [0.05, 0.1) is 24.6 Å². The molecule has 1 aliphatic rings. The van der Waals surface area contributed by atoms with Gasteiger partial charge in [-0.25, -0.2) is 0 Å². The fraction of sp³-hybridized carbons (Fsp3) is 0.429. The van der Waals surface area contributed by atoms with Gasteiger partial charge in [0, 0.05) is 23.2 Å². The van der Waals surface area contributed by atoms with Crippen molar-refractivity contribution in [2.45, 2.75) is 38.2 Å². The number of carboxylic acids is 1. The topological polar surface area (TPSA) is 82.9 Å². The molecule has 0 radical (unpaired) electrons. The van der Waals surface area contributed by atoms with Crippen LogP contribution in [0.15, 0.2) is 54.7 Å². The number of aryl methyl sites for hydroxylation is 1. The molecular weight excluding hydrogens is 464 g/mol. The molecule has 0 amide bonds.